The molecular weight excluding hydrogens is 507 g/mol. The summed E-state index contributed by atoms with van der Waals surface area (Å²) in [6.07, 6.45) is 2.75. The van der Waals surface area contributed by atoms with Gasteiger partial charge in [0.15, 0.2) is 5.69 Å². The number of hydrogen-bond donors (Lipinski definition) is 4. The molecule has 12 heteroatoms. The summed E-state index contributed by atoms with van der Waals surface area (Å²) in [5, 5.41) is 15.9. The lowest BCUT2D eigenvalue weighted by molar-refractivity contribution is 0.0925. The molecule has 10 nitrogen and oxygen atoms in total. The van der Waals surface area contributed by atoms with Crippen LogP contribution in [0.25, 0.3) is 0 Å². The Bertz CT molecular complexity index is 1270. The molecule has 4 N–H and O–H groups in total. The summed E-state index contributed by atoms with van der Waals surface area (Å²) in [6.45, 7) is 1.55. The molecule has 36 heavy (non-hydrogen) atoms. The fraction of sp³-hybridized carbons (Fsp3) is 0.250. The smallest absolute Gasteiger partial charge is 0.346 e. The third kappa shape index (κ3) is 5.78. The highest BCUT2D eigenvalue weighted by atomic mass is 35.5. The van der Waals surface area contributed by atoms with E-state index in [1.54, 1.807) is 30.3 Å². The van der Waals surface area contributed by atoms with Crippen LogP contribution in [0.2, 0.25) is 10.0 Å². The zero-order valence-electron chi connectivity index (χ0n) is 19.3. The number of nitrogens with one attached hydrogen (secondary N) is 4. The third-order valence-corrected chi connectivity index (χ3v) is 6.23. The maximum Gasteiger partial charge on any atom is 0.346 e. The number of halogens is 2. The second-order valence-electron chi connectivity index (χ2n) is 8.01. The SMILES string of the molecule is COc1ccccc1NC(=O)n1cc(NC(=O)c2c(Cl)cccc2Cl)c(C(=O)NC2CCNCC2)n1. The van der Waals surface area contributed by atoms with E-state index in [0.717, 1.165) is 30.6 Å². The molecule has 3 aromatic rings. The molecule has 0 radical (unpaired) electrons. The van der Waals surface area contributed by atoms with Gasteiger partial charge in [-0.1, -0.05) is 41.4 Å². The van der Waals surface area contributed by atoms with Gasteiger partial charge in [0.1, 0.15) is 5.75 Å². The normalized spacial score (nSPS) is 13.6. The minimum Gasteiger partial charge on any atom is -0.495 e. The van der Waals surface area contributed by atoms with Crippen LogP contribution in [-0.2, 0) is 0 Å². The third-order valence-electron chi connectivity index (χ3n) is 5.60. The summed E-state index contributed by atoms with van der Waals surface area (Å²) >= 11 is 12.3. The molecule has 0 spiro atoms. The molecule has 0 bridgehead atoms. The van der Waals surface area contributed by atoms with E-state index in [2.05, 4.69) is 26.4 Å². The highest BCUT2D eigenvalue weighted by Gasteiger charge is 2.25. The van der Waals surface area contributed by atoms with Crippen LogP contribution in [-0.4, -0.2) is 53.9 Å². The van der Waals surface area contributed by atoms with Gasteiger partial charge in [-0.15, -0.1) is 0 Å². The molecule has 0 unspecified atom stereocenters. The zero-order chi connectivity index (χ0) is 25.7. The Morgan fingerprint density at radius 3 is 2.36 bits per heavy atom. The molecule has 3 amide bonds. The van der Waals surface area contributed by atoms with Crippen LogP contribution >= 0.6 is 23.2 Å². The highest BCUT2D eigenvalue weighted by molar-refractivity contribution is 6.40. The van der Waals surface area contributed by atoms with E-state index in [1.165, 1.54) is 25.4 Å². The van der Waals surface area contributed by atoms with Crippen molar-refractivity contribution in [2.45, 2.75) is 18.9 Å². The quantitative estimate of drug-likeness (QED) is 0.381. The molecule has 1 fully saturated rings. The monoisotopic (exact) mass is 530 g/mol. The van der Waals surface area contributed by atoms with Gasteiger partial charge >= 0.3 is 6.03 Å². The number of hydrogen-bond acceptors (Lipinski definition) is 6. The summed E-state index contributed by atoms with van der Waals surface area (Å²) in [7, 11) is 1.48. The minimum absolute atomic E-state index is 0.0256. The Labute approximate surface area is 217 Å². The van der Waals surface area contributed by atoms with Gasteiger partial charge < -0.3 is 26.0 Å². The standard InChI is InChI=1S/C24H24Cl2N6O4/c1-36-19-8-3-2-7-17(19)30-24(35)32-13-18(29-22(33)20-15(25)5-4-6-16(20)26)21(31-32)23(34)28-14-9-11-27-12-10-14/h2-8,13-14,27H,9-12H2,1H3,(H,28,34)(H,29,33)(H,30,35). The van der Waals surface area contributed by atoms with Crippen LogP contribution in [0.15, 0.2) is 48.7 Å². The summed E-state index contributed by atoms with van der Waals surface area (Å²) < 4.78 is 6.20. The van der Waals surface area contributed by atoms with Crippen molar-refractivity contribution in [1.29, 1.82) is 0 Å². The van der Waals surface area contributed by atoms with E-state index in [0.29, 0.717) is 11.4 Å². The Balaban J connectivity index is 1.63. The fourth-order valence-electron chi connectivity index (χ4n) is 3.78. The molecule has 1 aliphatic rings. The molecule has 1 aromatic heterocycles. The van der Waals surface area contributed by atoms with E-state index in [-0.39, 0.29) is 33.0 Å². The summed E-state index contributed by atoms with van der Waals surface area (Å²) in [6, 6.07) is 10.8. The molecule has 0 aliphatic carbocycles. The molecule has 4 rings (SSSR count). The number of methoxy groups -OCH3 is 1. The number of carbonyl (C=O) groups excluding carboxylic acids is 3. The van der Waals surface area contributed by atoms with E-state index < -0.39 is 17.8 Å². The lowest BCUT2D eigenvalue weighted by Gasteiger charge is -2.23. The molecule has 1 saturated heterocycles. The summed E-state index contributed by atoms with van der Waals surface area (Å²) in [4.78, 5) is 39.1. The number of para-hydroxylation sites is 2. The first-order valence-electron chi connectivity index (χ1n) is 11.2. The number of aromatic nitrogens is 2. The topological polar surface area (TPSA) is 126 Å². The average molecular weight is 531 g/mol. The van der Waals surface area contributed by atoms with Gasteiger partial charge in [-0.3, -0.25) is 9.59 Å². The van der Waals surface area contributed by atoms with Crippen molar-refractivity contribution in [2.24, 2.45) is 0 Å². The number of rotatable bonds is 6. The number of ether oxygens (including phenoxy) is 1. The van der Waals surface area contributed by atoms with Gasteiger partial charge in [-0.2, -0.15) is 9.78 Å². The second kappa shape index (κ2) is 11.4. The number of anilines is 2. The Morgan fingerprint density at radius 1 is 0.972 bits per heavy atom. The van der Waals surface area contributed by atoms with E-state index in [4.69, 9.17) is 27.9 Å². The average Bonchev–Trinajstić information content (AvgIpc) is 3.29. The van der Waals surface area contributed by atoms with Gasteiger partial charge in [0, 0.05) is 6.04 Å². The highest BCUT2D eigenvalue weighted by Crippen LogP contribution is 2.27. The number of piperidine rings is 1. The second-order valence-corrected chi connectivity index (χ2v) is 8.83. The van der Waals surface area contributed by atoms with Crippen LogP contribution in [0, 0.1) is 0 Å². The summed E-state index contributed by atoms with van der Waals surface area (Å²) in [5.41, 5.74) is 0.351. The van der Waals surface area contributed by atoms with Gasteiger partial charge in [0.05, 0.1) is 40.3 Å². The first-order chi connectivity index (χ1) is 17.4. The zero-order valence-corrected chi connectivity index (χ0v) is 20.8. The molecule has 0 saturated carbocycles. The number of carbonyl (C=O) groups is 3. The van der Waals surface area contributed by atoms with Gasteiger partial charge in [0.25, 0.3) is 11.8 Å². The molecule has 1 aliphatic heterocycles. The van der Waals surface area contributed by atoms with Crippen molar-refractivity contribution in [1.82, 2.24) is 20.4 Å². The molecule has 2 aromatic carbocycles. The van der Waals surface area contributed by atoms with E-state index >= 15 is 0 Å². The summed E-state index contributed by atoms with van der Waals surface area (Å²) in [5.74, 6) is -0.721. The van der Waals surface area contributed by atoms with Gasteiger partial charge in [0.2, 0.25) is 0 Å². The number of nitrogens with zero attached hydrogens (tertiary/aromatic N) is 2. The lowest BCUT2D eigenvalue weighted by Crippen LogP contribution is -2.43. The first-order valence-corrected chi connectivity index (χ1v) is 11.9. The van der Waals surface area contributed by atoms with Crippen molar-refractivity contribution < 1.29 is 19.1 Å². The predicted octanol–water partition coefficient (Wildman–Crippen LogP) is 4.01. The van der Waals surface area contributed by atoms with E-state index in [9.17, 15) is 14.4 Å². The lowest BCUT2D eigenvalue weighted by atomic mass is 10.1. The van der Waals surface area contributed by atoms with Crippen molar-refractivity contribution >= 4 is 52.4 Å². The molecule has 0 atom stereocenters. The fourth-order valence-corrected chi connectivity index (χ4v) is 4.35. The number of amides is 3. The van der Waals surface area contributed by atoms with Gasteiger partial charge in [-0.05, 0) is 50.2 Å². The van der Waals surface area contributed by atoms with E-state index in [1.807, 2.05) is 0 Å². The molecule has 2 heterocycles. The van der Waals surface area contributed by atoms with Crippen LogP contribution in [0.5, 0.6) is 5.75 Å². The molecule has 188 valence electrons. The van der Waals surface area contributed by atoms with Crippen molar-refractivity contribution in [3.8, 4) is 5.75 Å². The molecular formula is C24H24Cl2N6O4. The predicted molar refractivity (Wildman–Crippen MR) is 137 cm³/mol. The van der Waals surface area contributed by atoms with Crippen molar-refractivity contribution in [3.63, 3.8) is 0 Å². The van der Waals surface area contributed by atoms with Crippen molar-refractivity contribution in [2.75, 3.05) is 30.8 Å². The van der Waals surface area contributed by atoms with Crippen molar-refractivity contribution in [3.05, 3.63) is 70.0 Å². The van der Waals surface area contributed by atoms with Crippen LogP contribution in [0.1, 0.15) is 33.7 Å². The maximum atomic E-state index is 13.1. The Morgan fingerprint density at radius 2 is 1.67 bits per heavy atom. The number of benzene rings is 2. The maximum absolute atomic E-state index is 13.1. The van der Waals surface area contributed by atoms with Crippen LogP contribution in [0.4, 0.5) is 16.2 Å². The minimum atomic E-state index is -0.660. The Kier molecular flexibility index (Phi) is 8.09. The first kappa shape index (κ1) is 25.5. The Hall–Kier alpha value is -3.60. The van der Waals surface area contributed by atoms with Gasteiger partial charge in [-0.25, -0.2) is 4.79 Å². The van der Waals surface area contributed by atoms with Crippen LogP contribution in [0.3, 0.4) is 0 Å². The van der Waals surface area contributed by atoms with Crippen LogP contribution < -0.4 is 26.0 Å². The largest absolute Gasteiger partial charge is 0.495 e.